The number of carbonyl (C=O) groups excluding carboxylic acids is 1. The molecule has 0 spiro atoms. The summed E-state index contributed by atoms with van der Waals surface area (Å²) in [5, 5.41) is 0.675. The molecule has 3 rings (SSSR count). The Morgan fingerprint density at radius 1 is 1.36 bits per heavy atom. The molecule has 1 amide bonds. The largest absolute Gasteiger partial charge is 0.372 e. The number of ether oxygens (including phenoxy) is 1. The first-order valence-corrected chi connectivity index (χ1v) is 7.96. The zero-order valence-electron chi connectivity index (χ0n) is 12.9. The zero-order chi connectivity index (χ0) is 15.7. The van der Waals surface area contributed by atoms with E-state index in [2.05, 4.69) is 15.0 Å². The van der Waals surface area contributed by atoms with Gasteiger partial charge in [-0.3, -0.25) is 4.79 Å². The number of amides is 1. The van der Waals surface area contributed by atoms with Gasteiger partial charge in [-0.15, -0.1) is 11.3 Å². The third kappa shape index (κ3) is 3.00. The molecule has 0 N–H and O–H groups in total. The Morgan fingerprint density at radius 3 is 2.77 bits per heavy atom. The molecule has 116 valence electrons. The van der Waals surface area contributed by atoms with E-state index in [4.69, 9.17) is 4.74 Å². The van der Waals surface area contributed by atoms with Gasteiger partial charge in [0.2, 0.25) is 0 Å². The highest BCUT2D eigenvalue weighted by Gasteiger charge is 2.32. The third-order valence-electron chi connectivity index (χ3n) is 3.46. The highest BCUT2D eigenvalue weighted by Crippen LogP contribution is 2.27. The van der Waals surface area contributed by atoms with Gasteiger partial charge in [-0.05, 0) is 26.8 Å². The van der Waals surface area contributed by atoms with Crippen LogP contribution in [0.5, 0.6) is 0 Å². The van der Waals surface area contributed by atoms with Crippen LogP contribution < -0.4 is 0 Å². The quantitative estimate of drug-likeness (QED) is 0.849. The van der Waals surface area contributed by atoms with Gasteiger partial charge in [0, 0.05) is 25.5 Å². The molecule has 0 radical (unpaired) electrons. The molecule has 3 heterocycles. The highest BCUT2D eigenvalue weighted by atomic mass is 32.1. The van der Waals surface area contributed by atoms with E-state index in [-0.39, 0.29) is 11.5 Å². The van der Waals surface area contributed by atoms with Crippen molar-refractivity contribution in [3.8, 4) is 10.8 Å². The summed E-state index contributed by atoms with van der Waals surface area (Å²) in [6.07, 6.45) is 3.34. The molecular weight excluding hydrogens is 300 g/mol. The van der Waals surface area contributed by atoms with Crippen molar-refractivity contribution in [1.29, 1.82) is 0 Å². The fourth-order valence-corrected chi connectivity index (χ4v) is 3.42. The summed E-state index contributed by atoms with van der Waals surface area (Å²) in [5.74, 6) is 0.561. The molecule has 2 aromatic rings. The summed E-state index contributed by atoms with van der Waals surface area (Å²) in [7, 11) is 0. The molecule has 0 atom stereocenters. The van der Waals surface area contributed by atoms with Gasteiger partial charge in [0.1, 0.15) is 4.88 Å². The van der Waals surface area contributed by atoms with Crippen LogP contribution in [-0.2, 0) is 4.74 Å². The molecular formula is C15H18N4O2S. The van der Waals surface area contributed by atoms with Crippen LogP contribution in [0.25, 0.3) is 10.8 Å². The summed E-state index contributed by atoms with van der Waals surface area (Å²) in [6, 6.07) is 1.76. The van der Waals surface area contributed by atoms with Crippen LogP contribution in [-0.4, -0.2) is 51.1 Å². The highest BCUT2D eigenvalue weighted by molar-refractivity contribution is 7.17. The molecule has 6 nitrogen and oxygen atoms in total. The van der Waals surface area contributed by atoms with Gasteiger partial charge in [-0.1, -0.05) is 0 Å². The van der Waals surface area contributed by atoms with Crippen molar-refractivity contribution in [1.82, 2.24) is 19.9 Å². The minimum absolute atomic E-state index is 0.00792. The molecule has 0 aliphatic carbocycles. The van der Waals surface area contributed by atoms with Gasteiger partial charge in [0.05, 0.1) is 17.9 Å². The molecule has 2 aromatic heterocycles. The average molecular weight is 318 g/mol. The normalized spacial score (nSPS) is 17.5. The van der Waals surface area contributed by atoms with Gasteiger partial charge in [0.25, 0.3) is 5.91 Å². The number of carbonyl (C=O) groups is 1. The maximum Gasteiger partial charge on any atom is 0.266 e. The SMILES string of the molecule is Cc1nc(-c2ncccn2)sc1C(=O)N1CCOC(C)(C)C1. The molecule has 1 aliphatic rings. The predicted octanol–water partition coefficient (Wildman–Crippen LogP) is 2.16. The van der Waals surface area contributed by atoms with Crippen molar-refractivity contribution in [2.75, 3.05) is 19.7 Å². The van der Waals surface area contributed by atoms with Crippen molar-refractivity contribution in [2.24, 2.45) is 0 Å². The van der Waals surface area contributed by atoms with Crippen LogP contribution in [0.3, 0.4) is 0 Å². The number of nitrogens with zero attached hydrogens (tertiary/aromatic N) is 4. The fourth-order valence-electron chi connectivity index (χ4n) is 2.43. The summed E-state index contributed by atoms with van der Waals surface area (Å²) in [6.45, 7) is 7.59. The Morgan fingerprint density at radius 2 is 2.09 bits per heavy atom. The standard InChI is InChI=1S/C15H18N4O2S/c1-10-11(14(20)19-7-8-21-15(2,3)9-19)22-13(18-10)12-16-5-4-6-17-12/h4-6H,7-9H2,1-3H3. The Kier molecular flexibility index (Phi) is 3.92. The van der Waals surface area contributed by atoms with Crippen molar-refractivity contribution < 1.29 is 9.53 Å². The van der Waals surface area contributed by atoms with Crippen LogP contribution in [0.4, 0.5) is 0 Å². The lowest BCUT2D eigenvalue weighted by Gasteiger charge is -2.38. The lowest BCUT2D eigenvalue weighted by atomic mass is 10.1. The molecule has 7 heteroatoms. The summed E-state index contributed by atoms with van der Waals surface area (Å²) >= 11 is 1.35. The maximum atomic E-state index is 12.8. The van der Waals surface area contributed by atoms with Gasteiger partial charge >= 0.3 is 0 Å². The monoisotopic (exact) mass is 318 g/mol. The van der Waals surface area contributed by atoms with Gasteiger partial charge in [-0.2, -0.15) is 0 Å². The summed E-state index contributed by atoms with van der Waals surface area (Å²) < 4.78 is 5.66. The van der Waals surface area contributed by atoms with E-state index < -0.39 is 0 Å². The van der Waals surface area contributed by atoms with Crippen LogP contribution in [0, 0.1) is 6.92 Å². The Hall–Kier alpha value is -1.86. The van der Waals surface area contributed by atoms with Crippen molar-refractivity contribution in [3.63, 3.8) is 0 Å². The Labute approximate surface area is 133 Å². The van der Waals surface area contributed by atoms with E-state index in [0.717, 1.165) is 5.69 Å². The molecule has 0 bridgehead atoms. The first kappa shape index (κ1) is 15.1. The van der Waals surface area contributed by atoms with Gasteiger partial charge < -0.3 is 9.64 Å². The second kappa shape index (κ2) is 5.73. The Balaban J connectivity index is 1.86. The van der Waals surface area contributed by atoms with E-state index in [1.165, 1.54) is 11.3 Å². The minimum Gasteiger partial charge on any atom is -0.372 e. The lowest BCUT2D eigenvalue weighted by Crippen LogP contribution is -2.50. The van der Waals surface area contributed by atoms with E-state index in [0.29, 0.717) is 35.4 Å². The summed E-state index contributed by atoms with van der Waals surface area (Å²) in [4.78, 5) is 28.1. The van der Waals surface area contributed by atoms with Crippen molar-refractivity contribution in [2.45, 2.75) is 26.4 Å². The second-order valence-electron chi connectivity index (χ2n) is 5.84. The number of rotatable bonds is 2. The van der Waals surface area contributed by atoms with E-state index in [1.807, 2.05) is 25.7 Å². The van der Waals surface area contributed by atoms with Crippen LogP contribution in [0.15, 0.2) is 18.5 Å². The Bertz CT molecular complexity index is 684. The minimum atomic E-state index is -0.308. The topological polar surface area (TPSA) is 68.2 Å². The molecule has 0 unspecified atom stereocenters. The van der Waals surface area contributed by atoms with Crippen molar-refractivity contribution >= 4 is 17.2 Å². The first-order chi connectivity index (χ1) is 10.5. The van der Waals surface area contributed by atoms with Gasteiger partial charge in [0.15, 0.2) is 10.8 Å². The smallest absolute Gasteiger partial charge is 0.266 e. The van der Waals surface area contributed by atoms with Crippen LogP contribution in [0.1, 0.15) is 29.2 Å². The van der Waals surface area contributed by atoms with Crippen molar-refractivity contribution in [3.05, 3.63) is 29.0 Å². The third-order valence-corrected chi connectivity index (χ3v) is 4.60. The van der Waals surface area contributed by atoms with E-state index >= 15 is 0 Å². The molecule has 0 aromatic carbocycles. The second-order valence-corrected chi connectivity index (χ2v) is 6.84. The lowest BCUT2D eigenvalue weighted by molar-refractivity contribution is -0.0763. The molecule has 1 saturated heterocycles. The molecule has 0 saturated carbocycles. The van der Waals surface area contributed by atoms with E-state index in [9.17, 15) is 4.79 Å². The number of aryl methyl sites for hydroxylation is 1. The predicted molar refractivity (Wildman–Crippen MR) is 83.8 cm³/mol. The number of hydrogen-bond acceptors (Lipinski definition) is 6. The fraction of sp³-hybridized carbons (Fsp3) is 0.467. The van der Waals surface area contributed by atoms with Crippen LogP contribution >= 0.6 is 11.3 Å². The molecule has 1 aliphatic heterocycles. The zero-order valence-corrected chi connectivity index (χ0v) is 13.7. The number of aromatic nitrogens is 3. The number of thiazole rings is 1. The average Bonchev–Trinajstić information content (AvgIpc) is 2.88. The number of hydrogen-bond donors (Lipinski definition) is 0. The molecule has 22 heavy (non-hydrogen) atoms. The van der Waals surface area contributed by atoms with Gasteiger partial charge in [-0.25, -0.2) is 15.0 Å². The summed E-state index contributed by atoms with van der Waals surface area (Å²) in [5.41, 5.74) is 0.416. The molecule has 1 fully saturated rings. The van der Waals surface area contributed by atoms with Crippen LogP contribution in [0.2, 0.25) is 0 Å². The maximum absolute atomic E-state index is 12.8. The first-order valence-electron chi connectivity index (χ1n) is 7.14. The van der Waals surface area contributed by atoms with E-state index in [1.54, 1.807) is 18.5 Å². The number of morpholine rings is 1.